The second-order valence-corrected chi connectivity index (χ2v) is 9.99. The van der Waals surface area contributed by atoms with Crippen LogP contribution in [-0.2, 0) is 5.41 Å². The van der Waals surface area contributed by atoms with E-state index >= 15 is 0 Å². The van der Waals surface area contributed by atoms with E-state index in [2.05, 4.69) is 17.2 Å². The van der Waals surface area contributed by atoms with Crippen LogP contribution in [0.2, 0.25) is 0 Å². The van der Waals surface area contributed by atoms with Gasteiger partial charge in [-0.05, 0) is 43.0 Å². The Kier molecular flexibility index (Phi) is 7.17. The van der Waals surface area contributed by atoms with Gasteiger partial charge in [-0.15, -0.1) is 0 Å². The van der Waals surface area contributed by atoms with Crippen molar-refractivity contribution in [3.63, 3.8) is 0 Å². The second-order valence-electron chi connectivity index (χ2n) is 9.99. The summed E-state index contributed by atoms with van der Waals surface area (Å²) in [7, 11) is 0. The first-order chi connectivity index (χ1) is 16.1. The molecule has 0 spiro atoms. The maximum Gasteiger partial charge on any atom is 0.390 e. The molecule has 1 saturated carbocycles. The highest BCUT2D eigenvalue weighted by molar-refractivity contribution is 5.99. The van der Waals surface area contributed by atoms with Gasteiger partial charge in [0.1, 0.15) is 5.82 Å². The summed E-state index contributed by atoms with van der Waals surface area (Å²) in [5.41, 5.74) is 9.03. The van der Waals surface area contributed by atoms with Crippen molar-refractivity contribution in [2.24, 2.45) is 0 Å². The molecule has 1 aliphatic carbocycles. The lowest BCUT2D eigenvalue weighted by molar-refractivity contribution is -0.137. The molecule has 2 aromatic rings. The smallest absolute Gasteiger partial charge is 0.383 e. The minimum Gasteiger partial charge on any atom is -0.383 e. The number of aromatic nitrogens is 1. The average molecular weight is 475 g/mol. The molecule has 1 aromatic heterocycles. The molecule has 8 heteroatoms. The van der Waals surface area contributed by atoms with E-state index in [1.54, 1.807) is 12.3 Å². The summed E-state index contributed by atoms with van der Waals surface area (Å²) < 4.78 is 37.8. The summed E-state index contributed by atoms with van der Waals surface area (Å²) in [4.78, 5) is 19.0. The number of rotatable bonds is 6. The minimum absolute atomic E-state index is 0.0416. The Morgan fingerprint density at radius 1 is 1.18 bits per heavy atom. The molecule has 34 heavy (non-hydrogen) atoms. The fourth-order valence-corrected chi connectivity index (χ4v) is 5.16. The van der Waals surface area contributed by atoms with Gasteiger partial charge < -0.3 is 16.0 Å². The third-order valence-corrected chi connectivity index (χ3v) is 7.28. The van der Waals surface area contributed by atoms with Crippen molar-refractivity contribution in [2.45, 2.75) is 69.5 Å². The van der Waals surface area contributed by atoms with Crippen LogP contribution < -0.4 is 11.1 Å². The third-order valence-electron chi connectivity index (χ3n) is 7.28. The number of hydrogen-bond acceptors (Lipinski definition) is 4. The van der Waals surface area contributed by atoms with E-state index in [1.165, 1.54) is 6.42 Å². The number of amides is 1. The van der Waals surface area contributed by atoms with Gasteiger partial charge >= 0.3 is 6.18 Å². The number of carbonyl (C=O) groups is 1. The normalized spacial score (nSPS) is 22.1. The Balaban J connectivity index is 1.44. The predicted octanol–water partition coefficient (Wildman–Crippen LogP) is 5.31. The maximum atomic E-state index is 12.8. The molecule has 2 heterocycles. The molecule has 0 radical (unpaired) electrons. The molecule has 1 saturated heterocycles. The summed E-state index contributed by atoms with van der Waals surface area (Å²) >= 11 is 0. The average Bonchev–Trinajstić information content (AvgIpc) is 3.21. The zero-order valence-corrected chi connectivity index (χ0v) is 19.6. The fourth-order valence-electron chi connectivity index (χ4n) is 5.16. The van der Waals surface area contributed by atoms with Gasteiger partial charge in [0.05, 0.1) is 12.0 Å². The molecule has 1 amide bonds. The van der Waals surface area contributed by atoms with E-state index < -0.39 is 12.6 Å². The van der Waals surface area contributed by atoms with Crippen LogP contribution in [0.15, 0.2) is 36.5 Å². The molecule has 1 unspecified atom stereocenters. The quantitative estimate of drug-likeness (QED) is 0.595. The van der Waals surface area contributed by atoms with Gasteiger partial charge in [0, 0.05) is 36.3 Å². The lowest BCUT2D eigenvalue weighted by atomic mass is 9.81. The number of carbonyl (C=O) groups excluding carboxylic acids is 1. The van der Waals surface area contributed by atoms with Crippen molar-refractivity contribution < 1.29 is 18.0 Å². The standard InChI is InChI=1S/C26H33F3N4O/c1-25(11-13-33(17-25)14-12-26(27,28)29)20-9-7-18(8-10-20)19-15-22(23(30)31-16-19)24(34)32-21-5-3-2-4-6-21/h7-10,15-16,21H,2-6,11-14,17H2,1H3,(H2,30,31)(H,32,34). The second kappa shape index (κ2) is 9.94. The van der Waals surface area contributed by atoms with Crippen molar-refractivity contribution in [2.75, 3.05) is 25.4 Å². The molecular formula is C26H33F3N4O. The van der Waals surface area contributed by atoms with Gasteiger partial charge in [0.2, 0.25) is 0 Å². The first kappa shape index (κ1) is 24.5. The highest BCUT2D eigenvalue weighted by Crippen LogP contribution is 2.36. The Hall–Kier alpha value is -2.61. The highest BCUT2D eigenvalue weighted by atomic mass is 19.4. The number of hydrogen-bond donors (Lipinski definition) is 2. The van der Waals surface area contributed by atoms with Gasteiger partial charge in [-0.1, -0.05) is 50.5 Å². The largest absolute Gasteiger partial charge is 0.390 e. The van der Waals surface area contributed by atoms with Gasteiger partial charge in [-0.2, -0.15) is 13.2 Å². The number of likely N-dealkylation sites (tertiary alicyclic amines) is 1. The molecule has 0 bridgehead atoms. The Morgan fingerprint density at radius 3 is 2.56 bits per heavy atom. The topological polar surface area (TPSA) is 71.2 Å². The lowest BCUT2D eigenvalue weighted by Gasteiger charge is -2.26. The van der Waals surface area contributed by atoms with Crippen LogP contribution in [0.4, 0.5) is 19.0 Å². The van der Waals surface area contributed by atoms with Crippen molar-refractivity contribution >= 4 is 11.7 Å². The summed E-state index contributed by atoms with van der Waals surface area (Å²) in [6, 6.07) is 9.99. The molecule has 3 N–H and O–H groups in total. The first-order valence-corrected chi connectivity index (χ1v) is 12.1. The summed E-state index contributed by atoms with van der Waals surface area (Å²) in [5, 5.41) is 3.10. The highest BCUT2D eigenvalue weighted by Gasteiger charge is 2.37. The van der Waals surface area contributed by atoms with E-state index in [0.717, 1.165) is 48.8 Å². The number of nitrogens with two attached hydrogens (primary N) is 1. The predicted molar refractivity (Wildman–Crippen MR) is 128 cm³/mol. The Bertz CT molecular complexity index is 1000. The number of pyridine rings is 1. The van der Waals surface area contributed by atoms with Gasteiger partial charge in [-0.25, -0.2) is 4.98 Å². The van der Waals surface area contributed by atoms with Gasteiger partial charge in [0.25, 0.3) is 5.91 Å². The van der Waals surface area contributed by atoms with Crippen molar-refractivity contribution in [3.05, 3.63) is 47.7 Å². The first-order valence-electron chi connectivity index (χ1n) is 12.1. The molecule has 2 fully saturated rings. The van der Waals surface area contributed by atoms with Crippen molar-refractivity contribution in [3.8, 4) is 11.1 Å². The maximum absolute atomic E-state index is 12.8. The van der Waals surface area contributed by atoms with E-state index in [9.17, 15) is 18.0 Å². The molecule has 5 nitrogen and oxygen atoms in total. The van der Waals surface area contributed by atoms with Crippen LogP contribution in [-0.4, -0.2) is 47.6 Å². The van der Waals surface area contributed by atoms with Crippen LogP contribution in [0.5, 0.6) is 0 Å². The van der Waals surface area contributed by atoms with Crippen molar-refractivity contribution in [1.82, 2.24) is 15.2 Å². The van der Waals surface area contributed by atoms with Crippen LogP contribution in [0.25, 0.3) is 11.1 Å². The molecule has 2 aliphatic rings. The zero-order chi connectivity index (χ0) is 24.3. The molecule has 1 aliphatic heterocycles. The van der Waals surface area contributed by atoms with E-state index in [4.69, 9.17) is 5.73 Å². The Labute approximate surface area is 198 Å². The van der Waals surface area contributed by atoms with Crippen LogP contribution >= 0.6 is 0 Å². The Morgan fingerprint density at radius 2 is 1.88 bits per heavy atom. The van der Waals surface area contributed by atoms with E-state index in [0.29, 0.717) is 18.7 Å². The molecular weight excluding hydrogens is 441 g/mol. The summed E-state index contributed by atoms with van der Waals surface area (Å²) in [6.07, 6.45) is 3.04. The summed E-state index contributed by atoms with van der Waals surface area (Å²) in [5.74, 6) is 0.0267. The lowest BCUT2D eigenvalue weighted by Crippen LogP contribution is -2.36. The van der Waals surface area contributed by atoms with Crippen LogP contribution in [0.3, 0.4) is 0 Å². The van der Waals surface area contributed by atoms with E-state index in [-0.39, 0.29) is 29.7 Å². The number of benzene rings is 1. The molecule has 1 aromatic carbocycles. The number of anilines is 1. The number of halogens is 3. The molecule has 1 atom stereocenters. The fraction of sp³-hybridized carbons (Fsp3) is 0.538. The molecule has 184 valence electrons. The third kappa shape index (κ3) is 5.90. The zero-order valence-electron chi connectivity index (χ0n) is 19.6. The number of nitrogen functional groups attached to an aromatic ring is 1. The monoisotopic (exact) mass is 474 g/mol. The molecule has 4 rings (SSSR count). The number of alkyl halides is 3. The number of nitrogens with zero attached hydrogens (tertiary/aromatic N) is 2. The van der Waals surface area contributed by atoms with Crippen LogP contribution in [0.1, 0.15) is 67.8 Å². The SMILES string of the molecule is CC1(c2ccc(-c3cnc(N)c(C(=O)NC4CCCCC4)c3)cc2)CCN(CCC(F)(F)F)C1. The number of nitrogens with one attached hydrogen (secondary N) is 1. The summed E-state index contributed by atoms with van der Waals surface area (Å²) in [6.45, 7) is 3.42. The van der Waals surface area contributed by atoms with Crippen molar-refractivity contribution in [1.29, 1.82) is 0 Å². The minimum atomic E-state index is -4.13. The van der Waals surface area contributed by atoms with E-state index in [1.807, 2.05) is 29.2 Å². The van der Waals surface area contributed by atoms with Gasteiger partial charge in [0.15, 0.2) is 0 Å². The van der Waals surface area contributed by atoms with Gasteiger partial charge in [-0.3, -0.25) is 4.79 Å². The van der Waals surface area contributed by atoms with Crippen LogP contribution in [0, 0.1) is 0 Å².